The summed E-state index contributed by atoms with van der Waals surface area (Å²) in [4.78, 5) is 19.8. The van der Waals surface area contributed by atoms with E-state index in [1.807, 2.05) is 29.2 Å². The summed E-state index contributed by atoms with van der Waals surface area (Å²) < 4.78 is 5.11. The second-order valence-corrected chi connectivity index (χ2v) is 8.52. The minimum atomic E-state index is -0.000334. The van der Waals surface area contributed by atoms with Crippen LogP contribution in [0.3, 0.4) is 0 Å². The van der Waals surface area contributed by atoms with Crippen molar-refractivity contribution in [3.8, 4) is 5.75 Å². The highest BCUT2D eigenvalue weighted by atomic mass is 16.6. The van der Waals surface area contributed by atoms with Crippen molar-refractivity contribution < 1.29 is 14.4 Å². The Morgan fingerprint density at radius 1 is 1.28 bits per heavy atom. The summed E-state index contributed by atoms with van der Waals surface area (Å²) in [5.41, 5.74) is 1.45. The Bertz CT molecular complexity index is 653. The van der Waals surface area contributed by atoms with Crippen molar-refractivity contribution in [2.45, 2.75) is 46.1 Å². The van der Waals surface area contributed by atoms with E-state index in [9.17, 15) is 4.79 Å². The first-order valence-electron chi connectivity index (χ1n) is 8.89. The van der Waals surface area contributed by atoms with Crippen LogP contribution < -0.4 is 4.74 Å². The Balaban J connectivity index is 1.52. The number of fused-ring (bicyclic) bond motifs is 2. The predicted molar refractivity (Wildman–Crippen MR) is 97.8 cm³/mol. The van der Waals surface area contributed by atoms with Crippen LogP contribution in [0.25, 0.3) is 0 Å². The van der Waals surface area contributed by atoms with Crippen molar-refractivity contribution in [3.05, 3.63) is 29.8 Å². The molecule has 0 radical (unpaired) electrons. The lowest BCUT2D eigenvalue weighted by Crippen LogP contribution is -2.39. The SMILES string of the molecule is COc1ccc(/C=N\OCC(=O)N2C[C@]3(C)C[C@H]2CC(C)(C)C3)cc1. The van der Waals surface area contributed by atoms with Gasteiger partial charge in [0.2, 0.25) is 0 Å². The maximum absolute atomic E-state index is 12.5. The molecule has 136 valence electrons. The van der Waals surface area contributed by atoms with Crippen LogP contribution in [0.5, 0.6) is 5.75 Å². The number of hydrogen-bond donors (Lipinski definition) is 0. The fourth-order valence-corrected chi connectivity index (χ4v) is 4.72. The number of ether oxygens (including phenoxy) is 1. The number of carbonyl (C=O) groups excluding carboxylic acids is 1. The molecule has 25 heavy (non-hydrogen) atoms. The Morgan fingerprint density at radius 3 is 2.68 bits per heavy atom. The predicted octanol–water partition coefficient (Wildman–Crippen LogP) is 3.47. The molecule has 1 aromatic rings. The summed E-state index contributed by atoms with van der Waals surface area (Å²) >= 11 is 0. The zero-order valence-electron chi connectivity index (χ0n) is 15.6. The molecule has 2 atom stereocenters. The first-order valence-corrected chi connectivity index (χ1v) is 8.89. The van der Waals surface area contributed by atoms with Gasteiger partial charge in [-0.15, -0.1) is 0 Å². The van der Waals surface area contributed by atoms with E-state index in [2.05, 4.69) is 25.9 Å². The lowest BCUT2D eigenvalue weighted by atomic mass is 9.65. The van der Waals surface area contributed by atoms with E-state index in [0.717, 1.165) is 30.7 Å². The van der Waals surface area contributed by atoms with Gasteiger partial charge in [-0.2, -0.15) is 0 Å². The summed E-state index contributed by atoms with van der Waals surface area (Å²) in [6.45, 7) is 7.75. The number of hydrogen-bond acceptors (Lipinski definition) is 4. The van der Waals surface area contributed by atoms with Crippen molar-refractivity contribution in [2.24, 2.45) is 16.0 Å². The summed E-state index contributed by atoms with van der Waals surface area (Å²) in [5, 5.41) is 3.93. The van der Waals surface area contributed by atoms with Crippen LogP contribution in [0.2, 0.25) is 0 Å². The van der Waals surface area contributed by atoms with Crippen LogP contribution in [0.15, 0.2) is 29.4 Å². The molecule has 1 aliphatic carbocycles. The van der Waals surface area contributed by atoms with Crippen molar-refractivity contribution in [3.63, 3.8) is 0 Å². The average Bonchev–Trinajstić information content (AvgIpc) is 2.81. The van der Waals surface area contributed by atoms with E-state index in [1.54, 1.807) is 13.3 Å². The molecule has 1 amide bonds. The Hall–Kier alpha value is -2.04. The molecule has 1 aliphatic heterocycles. The van der Waals surface area contributed by atoms with Crippen LogP contribution in [0.1, 0.15) is 45.6 Å². The van der Waals surface area contributed by atoms with Gasteiger partial charge in [-0.1, -0.05) is 25.9 Å². The number of carbonyl (C=O) groups is 1. The molecule has 1 aromatic carbocycles. The first-order chi connectivity index (χ1) is 11.8. The molecule has 1 heterocycles. The van der Waals surface area contributed by atoms with Gasteiger partial charge in [-0.3, -0.25) is 4.79 Å². The highest BCUT2D eigenvalue weighted by Crippen LogP contribution is 2.52. The zero-order valence-corrected chi connectivity index (χ0v) is 15.6. The molecular weight excluding hydrogens is 316 g/mol. The molecule has 2 aliphatic rings. The molecule has 0 aromatic heterocycles. The van der Waals surface area contributed by atoms with E-state index in [1.165, 1.54) is 6.42 Å². The summed E-state index contributed by atoms with van der Waals surface area (Å²) in [7, 11) is 1.63. The minimum Gasteiger partial charge on any atom is -0.497 e. The van der Waals surface area contributed by atoms with Gasteiger partial charge in [-0.25, -0.2) is 0 Å². The van der Waals surface area contributed by atoms with Gasteiger partial charge < -0.3 is 14.5 Å². The topological polar surface area (TPSA) is 51.1 Å². The van der Waals surface area contributed by atoms with Gasteiger partial charge in [0, 0.05) is 12.6 Å². The molecule has 1 saturated carbocycles. The van der Waals surface area contributed by atoms with Crippen LogP contribution in [0, 0.1) is 10.8 Å². The largest absolute Gasteiger partial charge is 0.497 e. The number of rotatable bonds is 5. The Kier molecular flexibility index (Phi) is 4.76. The fourth-order valence-electron chi connectivity index (χ4n) is 4.72. The van der Waals surface area contributed by atoms with E-state index in [0.29, 0.717) is 11.5 Å². The minimum absolute atomic E-state index is 0.000334. The molecule has 5 nitrogen and oxygen atoms in total. The molecule has 0 N–H and O–H groups in total. The van der Waals surface area contributed by atoms with Gasteiger partial charge in [0.15, 0.2) is 6.61 Å². The second-order valence-electron chi connectivity index (χ2n) is 8.52. The lowest BCUT2D eigenvalue weighted by Gasteiger charge is -2.39. The van der Waals surface area contributed by atoms with Gasteiger partial charge in [-0.05, 0) is 59.9 Å². The molecular formula is C20H28N2O3. The average molecular weight is 344 g/mol. The molecule has 3 rings (SSSR count). The standard InChI is InChI=1S/C20H28N2O3/c1-19(2)9-16-10-20(3,13-19)14-22(16)18(23)12-25-21-11-15-5-7-17(24-4)8-6-15/h5-8,11,16H,9-10,12-14H2,1-4H3/b21-11-/t16-,20-/m1/s1. The quantitative estimate of drug-likeness (QED) is 0.607. The van der Waals surface area contributed by atoms with E-state index in [-0.39, 0.29) is 17.9 Å². The normalized spacial score (nSPS) is 27.5. The molecule has 5 heteroatoms. The third kappa shape index (κ3) is 4.14. The highest BCUT2D eigenvalue weighted by Gasteiger charge is 2.50. The van der Waals surface area contributed by atoms with E-state index < -0.39 is 0 Å². The van der Waals surface area contributed by atoms with Crippen LogP contribution in [0.4, 0.5) is 0 Å². The fraction of sp³-hybridized carbons (Fsp3) is 0.600. The molecule has 0 spiro atoms. The smallest absolute Gasteiger partial charge is 0.263 e. The van der Waals surface area contributed by atoms with E-state index in [4.69, 9.17) is 9.57 Å². The number of likely N-dealkylation sites (tertiary alicyclic amines) is 1. The van der Waals surface area contributed by atoms with Crippen molar-refractivity contribution in [2.75, 3.05) is 20.3 Å². The van der Waals surface area contributed by atoms with Gasteiger partial charge in [0.25, 0.3) is 5.91 Å². The maximum Gasteiger partial charge on any atom is 0.263 e. The van der Waals surface area contributed by atoms with Crippen LogP contribution in [-0.2, 0) is 9.63 Å². The summed E-state index contributed by atoms with van der Waals surface area (Å²) in [5.74, 6) is 0.836. The molecule has 1 saturated heterocycles. The second kappa shape index (κ2) is 6.70. The molecule has 2 bridgehead atoms. The van der Waals surface area contributed by atoms with Gasteiger partial charge in [0.1, 0.15) is 5.75 Å². The molecule has 0 unspecified atom stereocenters. The maximum atomic E-state index is 12.5. The number of amides is 1. The Morgan fingerprint density at radius 2 is 2.00 bits per heavy atom. The summed E-state index contributed by atoms with van der Waals surface area (Å²) in [6, 6.07) is 7.84. The third-order valence-electron chi connectivity index (χ3n) is 5.32. The van der Waals surface area contributed by atoms with Crippen LogP contribution in [-0.4, -0.2) is 43.3 Å². The number of oxime groups is 1. The highest BCUT2D eigenvalue weighted by molar-refractivity contribution is 5.80. The summed E-state index contributed by atoms with van der Waals surface area (Å²) in [6.07, 6.45) is 4.97. The third-order valence-corrected chi connectivity index (χ3v) is 5.32. The number of benzene rings is 1. The van der Waals surface area contributed by atoms with Crippen molar-refractivity contribution in [1.29, 1.82) is 0 Å². The monoisotopic (exact) mass is 344 g/mol. The number of methoxy groups -OCH3 is 1. The van der Waals surface area contributed by atoms with Crippen molar-refractivity contribution in [1.82, 2.24) is 4.90 Å². The van der Waals surface area contributed by atoms with Gasteiger partial charge >= 0.3 is 0 Å². The first kappa shape index (κ1) is 17.8. The lowest BCUT2D eigenvalue weighted by molar-refractivity contribution is -0.137. The number of nitrogens with zero attached hydrogens (tertiary/aromatic N) is 2. The van der Waals surface area contributed by atoms with Gasteiger partial charge in [0.05, 0.1) is 13.3 Å². The Labute approximate surface area is 150 Å². The van der Waals surface area contributed by atoms with E-state index >= 15 is 0 Å². The molecule has 2 fully saturated rings. The zero-order chi connectivity index (χ0) is 18.1. The van der Waals surface area contributed by atoms with Crippen LogP contribution >= 0.6 is 0 Å². The van der Waals surface area contributed by atoms with Crippen molar-refractivity contribution >= 4 is 12.1 Å².